The van der Waals surface area contributed by atoms with Crippen LogP contribution in [-0.4, -0.2) is 15.9 Å². The van der Waals surface area contributed by atoms with E-state index in [0.717, 1.165) is 15.6 Å². The van der Waals surface area contributed by atoms with Crippen LogP contribution in [-0.2, 0) is 18.0 Å². The Balaban J connectivity index is 1.32. The minimum absolute atomic E-state index is 0.0804. The van der Waals surface area contributed by atoms with Crippen molar-refractivity contribution in [2.75, 3.05) is 0 Å². The molecule has 0 N–H and O–H groups in total. The molecule has 5 nitrogen and oxygen atoms in total. The van der Waals surface area contributed by atoms with Crippen LogP contribution in [0.25, 0.3) is 10.6 Å². The van der Waals surface area contributed by atoms with Gasteiger partial charge in [0, 0.05) is 16.3 Å². The molecule has 0 aliphatic rings. The van der Waals surface area contributed by atoms with Gasteiger partial charge in [0.2, 0.25) is 0 Å². The number of benzene rings is 1. The monoisotopic (exact) mass is 446 g/mol. The summed E-state index contributed by atoms with van der Waals surface area (Å²) in [5, 5.41) is 7.35. The number of nitrogens with zero attached hydrogens (tertiary/aromatic N) is 2. The van der Waals surface area contributed by atoms with E-state index in [9.17, 15) is 9.18 Å². The van der Waals surface area contributed by atoms with Gasteiger partial charge in [-0.05, 0) is 42.6 Å². The first-order valence-corrected chi connectivity index (χ1v) is 11.2. The maximum absolute atomic E-state index is 12.9. The number of halogens is 1. The van der Waals surface area contributed by atoms with Gasteiger partial charge in [0.1, 0.15) is 39.7 Å². The second-order valence-corrected chi connectivity index (χ2v) is 8.72. The number of thiazole rings is 2. The molecule has 1 aromatic carbocycles. The van der Waals surface area contributed by atoms with Crippen molar-refractivity contribution in [1.29, 1.82) is 0 Å². The number of rotatable bonds is 7. The summed E-state index contributed by atoms with van der Waals surface area (Å²) in [5.41, 5.74) is 2.32. The van der Waals surface area contributed by atoms with Crippen molar-refractivity contribution in [3.8, 4) is 16.3 Å². The van der Waals surface area contributed by atoms with E-state index in [1.54, 1.807) is 30.4 Å². The quantitative estimate of drug-likeness (QED) is 0.340. The Bertz CT molecular complexity index is 1100. The number of aromatic nitrogens is 2. The largest absolute Gasteiger partial charge is 0.486 e. The van der Waals surface area contributed by atoms with Crippen molar-refractivity contribution in [3.63, 3.8) is 0 Å². The molecule has 0 bridgehead atoms. The first-order chi connectivity index (χ1) is 14.1. The highest BCUT2D eigenvalue weighted by Gasteiger charge is 2.18. The Hall–Kier alpha value is -2.62. The van der Waals surface area contributed by atoms with Gasteiger partial charge in [0.15, 0.2) is 0 Å². The van der Waals surface area contributed by atoms with Gasteiger partial charge < -0.3 is 9.47 Å². The summed E-state index contributed by atoms with van der Waals surface area (Å²) in [6.07, 6.45) is 0. The number of ether oxygens (including phenoxy) is 2. The lowest BCUT2D eigenvalue weighted by Gasteiger charge is -2.03. The zero-order chi connectivity index (χ0) is 20.2. The van der Waals surface area contributed by atoms with Gasteiger partial charge in [-0.1, -0.05) is 0 Å². The Morgan fingerprint density at radius 2 is 1.93 bits per heavy atom. The van der Waals surface area contributed by atoms with Crippen LogP contribution in [0.1, 0.15) is 26.1 Å². The summed E-state index contributed by atoms with van der Waals surface area (Å²) in [6, 6.07) is 7.78. The average Bonchev–Trinajstić information content (AvgIpc) is 3.46. The van der Waals surface area contributed by atoms with Crippen molar-refractivity contribution in [2.24, 2.45) is 0 Å². The van der Waals surface area contributed by atoms with Gasteiger partial charge in [0.05, 0.1) is 11.4 Å². The number of carbonyl (C=O) groups excluding carboxylic acids is 1. The maximum atomic E-state index is 12.9. The Morgan fingerprint density at radius 3 is 2.69 bits per heavy atom. The molecule has 0 spiro atoms. The molecule has 4 aromatic rings. The molecule has 3 heterocycles. The predicted molar refractivity (Wildman–Crippen MR) is 112 cm³/mol. The van der Waals surface area contributed by atoms with Gasteiger partial charge in [-0.25, -0.2) is 19.2 Å². The molecule has 9 heteroatoms. The van der Waals surface area contributed by atoms with Crippen LogP contribution in [0, 0.1) is 12.7 Å². The third kappa shape index (κ3) is 4.87. The van der Waals surface area contributed by atoms with Gasteiger partial charge in [0.25, 0.3) is 0 Å². The van der Waals surface area contributed by atoms with Crippen molar-refractivity contribution in [1.82, 2.24) is 9.97 Å². The smallest absolute Gasteiger partial charge is 0.350 e. The molecular formula is C20H15FN2O3S3. The minimum Gasteiger partial charge on any atom is -0.486 e. The molecule has 0 unspecified atom stereocenters. The van der Waals surface area contributed by atoms with Crippen LogP contribution in [0.2, 0.25) is 0 Å². The third-order valence-corrected chi connectivity index (χ3v) is 6.62. The molecule has 0 saturated carbocycles. The van der Waals surface area contributed by atoms with Crippen LogP contribution in [0.5, 0.6) is 5.75 Å². The van der Waals surface area contributed by atoms with E-state index in [2.05, 4.69) is 9.97 Å². The highest BCUT2D eigenvalue weighted by Crippen LogP contribution is 2.30. The summed E-state index contributed by atoms with van der Waals surface area (Å²) in [7, 11) is 0. The average molecular weight is 447 g/mol. The highest BCUT2D eigenvalue weighted by atomic mass is 32.1. The van der Waals surface area contributed by atoms with Gasteiger partial charge in [-0.15, -0.1) is 22.7 Å². The fourth-order valence-electron chi connectivity index (χ4n) is 2.46. The number of carbonyl (C=O) groups is 1. The topological polar surface area (TPSA) is 61.3 Å². The van der Waals surface area contributed by atoms with Crippen molar-refractivity contribution in [2.45, 2.75) is 20.1 Å². The normalized spacial score (nSPS) is 10.8. The van der Waals surface area contributed by atoms with Crippen LogP contribution in [0.4, 0.5) is 4.39 Å². The zero-order valence-electron chi connectivity index (χ0n) is 15.3. The molecule has 0 atom stereocenters. The summed E-state index contributed by atoms with van der Waals surface area (Å²) in [6.45, 7) is 2.15. The standard InChI is InChI=1S/C20H15FN2O3S3/c1-12-18(29-19(22-12)13-6-7-27-10-13)20(24)26-8-15-11-28-17(23-15)9-25-16-4-2-14(21)3-5-16/h2-7,10-11H,8-9H2,1H3. The first kappa shape index (κ1) is 19.7. The first-order valence-electron chi connectivity index (χ1n) is 8.57. The van der Waals surface area contributed by atoms with Crippen LogP contribution in [0.3, 0.4) is 0 Å². The molecule has 29 heavy (non-hydrogen) atoms. The lowest BCUT2D eigenvalue weighted by molar-refractivity contribution is 0.0473. The molecule has 0 amide bonds. The lowest BCUT2D eigenvalue weighted by Crippen LogP contribution is -2.05. The summed E-state index contributed by atoms with van der Waals surface area (Å²) >= 11 is 4.33. The van der Waals surface area contributed by atoms with Gasteiger partial charge >= 0.3 is 5.97 Å². The second-order valence-electron chi connectivity index (χ2n) is 6.00. The molecule has 4 rings (SSSR count). The van der Waals surface area contributed by atoms with E-state index in [1.807, 2.05) is 22.2 Å². The third-order valence-electron chi connectivity index (χ3n) is 3.88. The van der Waals surface area contributed by atoms with Crippen molar-refractivity contribution >= 4 is 40.0 Å². The summed E-state index contributed by atoms with van der Waals surface area (Å²) in [5.74, 6) is -0.149. The van der Waals surface area contributed by atoms with Crippen molar-refractivity contribution < 1.29 is 18.7 Å². The van der Waals surface area contributed by atoms with E-state index >= 15 is 0 Å². The number of esters is 1. The van der Waals surface area contributed by atoms with Crippen LogP contribution in [0.15, 0.2) is 46.5 Å². The molecule has 0 fully saturated rings. The molecule has 0 saturated heterocycles. The molecular weight excluding hydrogens is 431 g/mol. The number of hydrogen-bond donors (Lipinski definition) is 0. The van der Waals surface area contributed by atoms with Crippen molar-refractivity contribution in [3.05, 3.63) is 73.6 Å². The van der Waals surface area contributed by atoms with Gasteiger partial charge in [-0.2, -0.15) is 11.3 Å². The number of aryl methyl sites for hydroxylation is 1. The SMILES string of the molecule is Cc1nc(-c2ccsc2)sc1C(=O)OCc1csc(COc2ccc(F)cc2)n1. The number of hydrogen-bond acceptors (Lipinski definition) is 8. The predicted octanol–water partition coefficient (Wildman–Crippen LogP) is 5.71. The fourth-order valence-corrected chi connectivity index (χ4v) is 4.82. The van der Waals surface area contributed by atoms with E-state index in [4.69, 9.17) is 9.47 Å². The van der Waals surface area contributed by atoms with E-state index < -0.39 is 5.97 Å². The summed E-state index contributed by atoms with van der Waals surface area (Å²) in [4.78, 5) is 21.8. The highest BCUT2D eigenvalue weighted by molar-refractivity contribution is 7.17. The molecule has 0 radical (unpaired) electrons. The Kier molecular flexibility index (Phi) is 5.98. The van der Waals surface area contributed by atoms with Crippen LogP contribution >= 0.6 is 34.0 Å². The molecule has 0 aliphatic carbocycles. The molecule has 148 valence electrons. The zero-order valence-corrected chi connectivity index (χ0v) is 17.7. The van der Waals surface area contributed by atoms with E-state index in [0.29, 0.717) is 22.0 Å². The van der Waals surface area contributed by atoms with Gasteiger partial charge in [-0.3, -0.25) is 0 Å². The summed E-state index contributed by atoms with van der Waals surface area (Å²) < 4.78 is 23.9. The second kappa shape index (κ2) is 8.81. The molecule has 3 aromatic heterocycles. The molecule has 0 aliphatic heterocycles. The fraction of sp³-hybridized carbons (Fsp3) is 0.150. The Labute approximate surface area is 178 Å². The Morgan fingerprint density at radius 1 is 1.10 bits per heavy atom. The maximum Gasteiger partial charge on any atom is 0.350 e. The number of thiophene rings is 1. The minimum atomic E-state index is -0.404. The van der Waals surface area contributed by atoms with Crippen LogP contribution < -0.4 is 4.74 Å². The van der Waals surface area contributed by atoms with E-state index in [-0.39, 0.29) is 19.0 Å². The lowest BCUT2D eigenvalue weighted by atomic mass is 10.3. The van der Waals surface area contributed by atoms with E-state index in [1.165, 1.54) is 34.8 Å².